The molecule has 2 N–H and O–H groups in total. The molecule has 1 saturated heterocycles. The Morgan fingerprint density at radius 3 is 2.47 bits per heavy atom. The molecule has 94 valence electrons. The maximum absolute atomic E-state index is 5.59. The van der Waals surface area contributed by atoms with E-state index in [1.165, 1.54) is 16.8 Å². The highest BCUT2D eigenvalue weighted by Crippen LogP contribution is 2.23. The van der Waals surface area contributed by atoms with Crippen LogP contribution in [-0.4, -0.2) is 44.2 Å². The molecule has 0 saturated carbocycles. The third-order valence-corrected chi connectivity index (χ3v) is 3.73. The molecule has 2 rings (SSSR count). The Balaban J connectivity index is 2.03. The lowest BCUT2D eigenvalue weighted by molar-refractivity contribution is 0.265. The lowest BCUT2D eigenvalue weighted by Crippen LogP contribution is -2.48. The smallest absolute Gasteiger partial charge is 0.0399 e. The van der Waals surface area contributed by atoms with Crippen molar-refractivity contribution in [2.45, 2.75) is 13.8 Å². The molecular weight excluding hydrogens is 210 g/mol. The summed E-state index contributed by atoms with van der Waals surface area (Å²) in [6, 6.07) is 6.58. The zero-order valence-corrected chi connectivity index (χ0v) is 10.9. The number of piperazine rings is 1. The summed E-state index contributed by atoms with van der Waals surface area (Å²) in [5.74, 6) is 0. The molecule has 17 heavy (non-hydrogen) atoms. The second-order valence-corrected chi connectivity index (χ2v) is 4.84. The van der Waals surface area contributed by atoms with Crippen molar-refractivity contribution >= 4 is 5.69 Å². The molecule has 0 aliphatic carbocycles. The van der Waals surface area contributed by atoms with Crippen LogP contribution >= 0.6 is 0 Å². The number of hydrogen-bond donors (Lipinski definition) is 1. The zero-order valence-electron chi connectivity index (χ0n) is 10.9. The predicted octanol–water partition coefficient (Wildman–Crippen LogP) is 1.38. The number of anilines is 1. The maximum Gasteiger partial charge on any atom is 0.0399 e. The van der Waals surface area contributed by atoms with Crippen LogP contribution in [-0.2, 0) is 0 Å². The van der Waals surface area contributed by atoms with Gasteiger partial charge in [-0.05, 0) is 31.0 Å². The lowest BCUT2D eigenvalue weighted by Gasteiger charge is -2.36. The third kappa shape index (κ3) is 2.79. The molecule has 0 radical (unpaired) electrons. The van der Waals surface area contributed by atoms with Gasteiger partial charge in [0.25, 0.3) is 0 Å². The van der Waals surface area contributed by atoms with Crippen molar-refractivity contribution in [2.75, 3.05) is 44.2 Å². The number of hydrogen-bond acceptors (Lipinski definition) is 3. The monoisotopic (exact) mass is 233 g/mol. The van der Waals surface area contributed by atoms with E-state index in [9.17, 15) is 0 Å². The van der Waals surface area contributed by atoms with Crippen LogP contribution in [0.15, 0.2) is 18.2 Å². The second kappa shape index (κ2) is 5.52. The van der Waals surface area contributed by atoms with Crippen LogP contribution in [0, 0.1) is 13.8 Å². The SMILES string of the molecule is Cc1cccc(N2CCN(CCN)CC2)c1C. The fourth-order valence-electron chi connectivity index (χ4n) is 2.47. The molecule has 3 nitrogen and oxygen atoms in total. The van der Waals surface area contributed by atoms with Crippen LogP contribution in [0.5, 0.6) is 0 Å². The summed E-state index contributed by atoms with van der Waals surface area (Å²) in [5, 5.41) is 0. The Labute approximate surface area is 104 Å². The largest absolute Gasteiger partial charge is 0.369 e. The molecule has 1 aliphatic rings. The van der Waals surface area contributed by atoms with Gasteiger partial charge in [-0.25, -0.2) is 0 Å². The highest BCUT2D eigenvalue weighted by molar-refractivity contribution is 5.56. The minimum absolute atomic E-state index is 0.767. The van der Waals surface area contributed by atoms with Gasteiger partial charge >= 0.3 is 0 Å². The highest BCUT2D eigenvalue weighted by Gasteiger charge is 2.17. The molecule has 0 spiro atoms. The Kier molecular flexibility index (Phi) is 4.02. The van der Waals surface area contributed by atoms with Gasteiger partial charge in [-0.1, -0.05) is 12.1 Å². The Bertz CT molecular complexity index is 368. The first-order chi connectivity index (χ1) is 8.22. The molecule has 0 aromatic heterocycles. The van der Waals surface area contributed by atoms with Crippen molar-refractivity contribution < 1.29 is 0 Å². The second-order valence-electron chi connectivity index (χ2n) is 4.84. The molecule has 0 bridgehead atoms. The van der Waals surface area contributed by atoms with E-state index in [0.29, 0.717) is 0 Å². The number of nitrogens with two attached hydrogens (primary N) is 1. The number of rotatable bonds is 3. The summed E-state index contributed by atoms with van der Waals surface area (Å²) in [6.07, 6.45) is 0. The Hall–Kier alpha value is -1.06. The Morgan fingerprint density at radius 2 is 1.82 bits per heavy atom. The molecule has 3 heteroatoms. The van der Waals surface area contributed by atoms with E-state index >= 15 is 0 Å². The van der Waals surface area contributed by atoms with Crippen molar-refractivity contribution in [3.63, 3.8) is 0 Å². The molecule has 1 heterocycles. The van der Waals surface area contributed by atoms with E-state index in [-0.39, 0.29) is 0 Å². The molecule has 0 unspecified atom stereocenters. The summed E-state index contributed by atoms with van der Waals surface area (Å²) < 4.78 is 0. The van der Waals surface area contributed by atoms with Gasteiger partial charge in [-0.2, -0.15) is 0 Å². The normalized spacial score (nSPS) is 17.5. The van der Waals surface area contributed by atoms with Gasteiger partial charge in [0.15, 0.2) is 0 Å². The lowest BCUT2D eigenvalue weighted by atomic mass is 10.1. The van der Waals surface area contributed by atoms with E-state index < -0.39 is 0 Å². The first kappa shape index (κ1) is 12.4. The zero-order chi connectivity index (χ0) is 12.3. The molecule has 0 amide bonds. The third-order valence-electron chi connectivity index (χ3n) is 3.73. The molecule has 1 aromatic rings. The minimum atomic E-state index is 0.767. The van der Waals surface area contributed by atoms with E-state index in [0.717, 1.165) is 39.3 Å². The molecule has 0 atom stereocenters. The first-order valence-electron chi connectivity index (χ1n) is 6.46. The highest BCUT2D eigenvalue weighted by atomic mass is 15.3. The van der Waals surface area contributed by atoms with Gasteiger partial charge in [-0.3, -0.25) is 4.90 Å². The molecule has 1 aromatic carbocycles. The number of benzene rings is 1. The summed E-state index contributed by atoms with van der Waals surface area (Å²) >= 11 is 0. The summed E-state index contributed by atoms with van der Waals surface area (Å²) in [4.78, 5) is 4.94. The van der Waals surface area contributed by atoms with Crippen LogP contribution in [0.1, 0.15) is 11.1 Å². The van der Waals surface area contributed by atoms with Crippen molar-refractivity contribution in [3.8, 4) is 0 Å². The molecule has 1 aliphatic heterocycles. The average Bonchev–Trinajstić information content (AvgIpc) is 2.34. The van der Waals surface area contributed by atoms with Gasteiger partial charge in [0, 0.05) is 45.0 Å². The average molecular weight is 233 g/mol. The topological polar surface area (TPSA) is 32.5 Å². The van der Waals surface area contributed by atoms with Crippen LogP contribution in [0.4, 0.5) is 5.69 Å². The number of nitrogens with zero attached hydrogens (tertiary/aromatic N) is 2. The summed E-state index contributed by atoms with van der Waals surface area (Å²) in [6.45, 7) is 10.7. The van der Waals surface area contributed by atoms with Crippen molar-refractivity contribution in [2.24, 2.45) is 5.73 Å². The van der Waals surface area contributed by atoms with Gasteiger partial charge in [0.1, 0.15) is 0 Å². The van der Waals surface area contributed by atoms with Crippen LogP contribution in [0.2, 0.25) is 0 Å². The van der Waals surface area contributed by atoms with Crippen molar-refractivity contribution in [1.29, 1.82) is 0 Å². The van der Waals surface area contributed by atoms with Crippen LogP contribution < -0.4 is 10.6 Å². The fraction of sp³-hybridized carbons (Fsp3) is 0.571. The van der Waals surface area contributed by atoms with Crippen molar-refractivity contribution in [3.05, 3.63) is 29.3 Å². The van der Waals surface area contributed by atoms with Gasteiger partial charge in [0.2, 0.25) is 0 Å². The summed E-state index contributed by atoms with van der Waals surface area (Å²) in [7, 11) is 0. The first-order valence-corrected chi connectivity index (χ1v) is 6.46. The van der Waals surface area contributed by atoms with Crippen LogP contribution in [0.25, 0.3) is 0 Å². The van der Waals surface area contributed by atoms with E-state index in [4.69, 9.17) is 5.73 Å². The summed E-state index contributed by atoms with van der Waals surface area (Å²) in [5.41, 5.74) is 9.79. The van der Waals surface area contributed by atoms with E-state index in [2.05, 4.69) is 41.8 Å². The van der Waals surface area contributed by atoms with E-state index in [1.54, 1.807) is 0 Å². The van der Waals surface area contributed by atoms with Gasteiger partial charge in [0.05, 0.1) is 0 Å². The quantitative estimate of drug-likeness (QED) is 0.856. The van der Waals surface area contributed by atoms with Crippen LogP contribution in [0.3, 0.4) is 0 Å². The Morgan fingerprint density at radius 1 is 1.12 bits per heavy atom. The van der Waals surface area contributed by atoms with Gasteiger partial charge < -0.3 is 10.6 Å². The van der Waals surface area contributed by atoms with Crippen molar-refractivity contribution in [1.82, 2.24) is 4.90 Å². The molecular formula is C14H23N3. The fourth-order valence-corrected chi connectivity index (χ4v) is 2.47. The predicted molar refractivity (Wildman–Crippen MR) is 73.6 cm³/mol. The minimum Gasteiger partial charge on any atom is -0.369 e. The number of aryl methyl sites for hydroxylation is 1. The maximum atomic E-state index is 5.59. The molecule has 1 fully saturated rings. The standard InChI is InChI=1S/C14H23N3/c1-12-4-3-5-14(13(12)2)17-10-8-16(7-6-15)9-11-17/h3-5H,6-11,15H2,1-2H3. The van der Waals surface area contributed by atoms with Gasteiger partial charge in [-0.15, -0.1) is 0 Å². The van der Waals surface area contributed by atoms with E-state index in [1.807, 2.05) is 0 Å².